The highest BCUT2D eigenvalue weighted by Gasteiger charge is 2.30. The molecule has 2 N–H and O–H groups in total. The zero-order valence-electron chi connectivity index (χ0n) is 8.45. The smallest absolute Gasteiger partial charge is 0.233 e. The zero-order valence-corrected chi connectivity index (χ0v) is 8.45. The van der Waals surface area contributed by atoms with Gasteiger partial charge >= 0.3 is 0 Å². The highest BCUT2D eigenvalue weighted by Crippen LogP contribution is 2.23. The Bertz CT molecular complexity index is 104. The molecule has 13 heavy (non-hydrogen) atoms. The van der Waals surface area contributed by atoms with E-state index in [2.05, 4.69) is 16.7 Å². The fourth-order valence-corrected chi connectivity index (χ4v) is 1.23. The predicted molar refractivity (Wildman–Crippen MR) is 49.2 cm³/mol. The van der Waals surface area contributed by atoms with Gasteiger partial charge in [-0.05, 0) is 6.42 Å². The van der Waals surface area contributed by atoms with Crippen molar-refractivity contribution in [2.75, 3.05) is 0 Å². The summed E-state index contributed by atoms with van der Waals surface area (Å²) in [5.74, 6) is -1.21. The van der Waals surface area contributed by atoms with Crippen molar-refractivity contribution >= 4 is 0 Å². The molecule has 0 rings (SSSR count). The Morgan fingerprint density at radius 2 is 1.62 bits per heavy atom. The molecule has 0 aliphatic carbocycles. The van der Waals surface area contributed by atoms with Crippen LogP contribution in [0.1, 0.15) is 52.4 Å². The van der Waals surface area contributed by atoms with Gasteiger partial charge in [-0.1, -0.05) is 33.1 Å². The molecular formula is C9H20O4. The van der Waals surface area contributed by atoms with Crippen LogP contribution in [0.2, 0.25) is 0 Å². The van der Waals surface area contributed by atoms with Crippen LogP contribution in [0.3, 0.4) is 0 Å². The Balaban J connectivity index is 3.68. The Morgan fingerprint density at radius 3 is 2.00 bits per heavy atom. The summed E-state index contributed by atoms with van der Waals surface area (Å²) in [6, 6.07) is 0. The van der Waals surface area contributed by atoms with Gasteiger partial charge in [0.15, 0.2) is 0 Å². The maximum absolute atomic E-state index is 8.55. The molecule has 0 bridgehead atoms. The third-order valence-corrected chi connectivity index (χ3v) is 2.28. The highest BCUT2D eigenvalue weighted by molar-refractivity contribution is 4.64. The Kier molecular flexibility index (Phi) is 7.17. The lowest BCUT2D eigenvalue weighted by Gasteiger charge is -2.24. The standard InChI is InChI=1S/C9H20O4/c1-3-5-6-7-8-9(4-2,12-10)13-11/h10-11H,3-8H2,1-2H3. The third kappa shape index (κ3) is 4.57. The molecule has 0 aliphatic heterocycles. The topological polar surface area (TPSA) is 58.9 Å². The van der Waals surface area contributed by atoms with E-state index in [9.17, 15) is 0 Å². The van der Waals surface area contributed by atoms with E-state index < -0.39 is 5.79 Å². The van der Waals surface area contributed by atoms with Gasteiger partial charge in [-0.15, -0.1) is 0 Å². The summed E-state index contributed by atoms with van der Waals surface area (Å²) in [5.41, 5.74) is 0. The minimum atomic E-state index is -1.21. The molecule has 0 radical (unpaired) electrons. The highest BCUT2D eigenvalue weighted by atomic mass is 17.2. The molecule has 0 unspecified atom stereocenters. The second-order valence-electron chi connectivity index (χ2n) is 3.26. The molecule has 0 aromatic heterocycles. The van der Waals surface area contributed by atoms with Gasteiger partial charge in [0.05, 0.1) is 0 Å². The van der Waals surface area contributed by atoms with Crippen LogP contribution in [0, 0.1) is 0 Å². The molecule has 0 aromatic carbocycles. The number of hydrogen-bond acceptors (Lipinski definition) is 4. The fraction of sp³-hybridized carbons (Fsp3) is 1.00. The molecule has 0 heterocycles. The lowest BCUT2D eigenvalue weighted by molar-refractivity contribution is -0.488. The van der Waals surface area contributed by atoms with Gasteiger partial charge < -0.3 is 0 Å². The molecule has 80 valence electrons. The van der Waals surface area contributed by atoms with Crippen LogP contribution in [0.15, 0.2) is 0 Å². The van der Waals surface area contributed by atoms with Gasteiger partial charge in [-0.3, -0.25) is 0 Å². The van der Waals surface area contributed by atoms with E-state index in [-0.39, 0.29) is 0 Å². The average molecular weight is 192 g/mol. The van der Waals surface area contributed by atoms with E-state index in [0.717, 1.165) is 25.7 Å². The molecule has 0 atom stereocenters. The molecule has 4 heteroatoms. The zero-order chi connectivity index (χ0) is 10.2. The van der Waals surface area contributed by atoms with E-state index in [0.29, 0.717) is 12.8 Å². The van der Waals surface area contributed by atoms with Crippen molar-refractivity contribution in [3.05, 3.63) is 0 Å². The summed E-state index contributed by atoms with van der Waals surface area (Å²) >= 11 is 0. The molecule has 0 saturated heterocycles. The summed E-state index contributed by atoms with van der Waals surface area (Å²) in [6.07, 6.45) is 5.17. The van der Waals surface area contributed by atoms with Crippen molar-refractivity contribution < 1.29 is 20.3 Å². The van der Waals surface area contributed by atoms with Crippen molar-refractivity contribution in [2.24, 2.45) is 0 Å². The molecule has 0 aliphatic rings. The van der Waals surface area contributed by atoms with Gasteiger partial charge in [0, 0.05) is 12.8 Å². The van der Waals surface area contributed by atoms with Gasteiger partial charge in [-0.25, -0.2) is 20.3 Å². The van der Waals surface area contributed by atoms with Crippen LogP contribution in [-0.2, 0) is 9.78 Å². The van der Waals surface area contributed by atoms with E-state index in [4.69, 9.17) is 10.5 Å². The molecule has 0 spiro atoms. The lowest BCUT2D eigenvalue weighted by Crippen LogP contribution is -2.33. The molecule has 0 amide bonds. The Labute approximate surface area is 79.3 Å². The van der Waals surface area contributed by atoms with Gasteiger partial charge in [-0.2, -0.15) is 0 Å². The summed E-state index contributed by atoms with van der Waals surface area (Å²) in [7, 11) is 0. The third-order valence-electron chi connectivity index (χ3n) is 2.28. The largest absolute Gasteiger partial charge is 0.249 e. The molecule has 0 saturated carbocycles. The lowest BCUT2D eigenvalue weighted by atomic mass is 10.0. The maximum Gasteiger partial charge on any atom is 0.233 e. The minimum absolute atomic E-state index is 0.423. The van der Waals surface area contributed by atoms with Crippen molar-refractivity contribution in [3.63, 3.8) is 0 Å². The molecule has 0 fully saturated rings. The van der Waals surface area contributed by atoms with Crippen molar-refractivity contribution in [1.29, 1.82) is 0 Å². The minimum Gasteiger partial charge on any atom is -0.249 e. The maximum atomic E-state index is 8.55. The van der Waals surface area contributed by atoms with E-state index in [1.54, 1.807) is 6.92 Å². The van der Waals surface area contributed by atoms with Crippen molar-refractivity contribution in [3.8, 4) is 0 Å². The van der Waals surface area contributed by atoms with Crippen LogP contribution < -0.4 is 0 Å². The predicted octanol–water partition coefficient (Wildman–Crippen LogP) is 3.04. The summed E-state index contributed by atoms with van der Waals surface area (Å²) in [5, 5.41) is 17.1. The number of rotatable bonds is 8. The summed E-state index contributed by atoms with van der Waals surface area (Å²) in [6.45, 7) is 3.91. The molecule has 0 aromatic rings. The normalized spacial score (nSPS) is 12.0. The monoisotopic (exact) mass is 192 g/mol. The first-order chi connectivity index (χ1) is 6.24. The summed E-state index contributed by atoms with van der Waals surface area (Å²) < 4.78 is 0. The van der Waals surface area contributed by atoms with Gasteiger partial charge in [0.2, 0.25) is 5.79 Å². The molecular weight excluding hydrogens is 172 g/mol. The van der Waals surface area contributed by atoms with E-state index in [1.807, 2.05) is 0 Å². The van der Waals surface area contributed by atoms with Gasteiger partial charge in [0.1, 0.15) is 0 Å². The number of unbranched alkanes of at least 4 members (excludes halogenated alkanes) is 3. The average Bonchev–Trinajstić information content (AvgIpc) is 2.20. The van der Waals surface area contributed by atoms with Crippen LogP contribution in [0.4, 0.5) is 0 Å². The first kappa shape index (κ1) is 12.8. The van der Waals surface area contributed by atoms with Crippen LogP contribution in [0.5, 0.6) is 0 Å². The van der Waals surface area contributed by atoms with Gasteiger partial charge in [0.25, 0.3) is 0 Å². The Hall–Kier alpha value is -0.160. The number of hydrogen-bond donors (Lipinski definition) is 2. The van der Waals surface area contributed by atoms with Crippen molar-refractivity contribution in [1.82, 2.24) is 0 Å². The van der Waals surface area contributed by atoms with Crippen LogP contribution >= 0.6 is 0 Å². The quantitative estimate of drug-likeness (QED) is 0.268. The van der Waals surface area contributed by atoms with Crippen LogP contribution in [-0.4, -0.2) is 16.3 Å². The first-order valence-corrected chi connectivity index (χ1v) is 4.89. The first-order valence-electron chi connectivity index (χ1n) is 4.89. The van der Waals surface area contributed by atoms with E-state index in [1.165, 1.54) is 0 Å². The van der Waals surface area contributed by atoms with Crippen molar-refractivity contribution in [2.45, 2.75) is 58.2 Å². The second kappa shape index (κ2) is 7.26. The summed E-state index contributed by atoms with van der Waals surface area (Å²) in [4.78, 5) is 8.29. The SMILES string of the molecule is CCCCCCC(CC)(OO)OO. The van der Waals surface area contributed by atoms with E-state index >= 15 is 0 Å². The second-order valence-corrected chi connectivity index (χ2v) is 3.26. The van der Waals surface area contributed by atoms with Crippen LogP contribution in [0.25, 0.3) is 0 Å². The Morgan fingerprint density at radius 1 is 1.00 bits per heavy atom. The molecule has 4 nitrogen and oxygen atoms in total. The fourth-order valence-electron chi connectivity index (χ4n) is 1.23.